The van der Waals surface area contributed by atoms with Crippen LogP contribution in [0.25, 0.3) is 0 Å². The maximum Gasteiger partial charge on any atom is 0.337 e. The third-order valence-corrected chi connectivity index (χ3v) is 3.31. The minimum absolute atomic E-state index is 0.0201. The van der Waals surface area contributed by atoms with Crippen molar-refractivity contribution in [2.24, 2.45) is 0 Å². The van der Waals surface area contributed by atoms with Gasteiger partial charge in [0.05, 0.1) is 21.0 Å². The van der Waals surface area contributed by atoms with Gasteiger partial charge in [-0.15, -0.1) is 0 Å². The fourth-order valence-electron chi connectivity index (χ4n) is 1.41. The van der Waals surface area contributed by atoms with Crippen LogP contribution in [0.15, 0.2) is 34.9 Å². The van der Waals surface area contributed by atoms with Crippen molar-refractivity contribution in [2.45, 2.75) is 0 Å². The SMILES string of the molecule is O=C(O)c1cnc(Oc2cc([N+](=O)[O-])ccc2Br)c(Cl)c1. The monoisotopic (exact) mass is 372 g/mol. The number of nitro groups is 1. The molecule has 2 aromatic rings. The topological polar surface area (TPSA) is 103 Å². The van der Waals surface area contributed by atoms with Gasteiger partial charge in [0.2, 0.25) is 5.88 Å². The first-order chi connectivity index (χ1) is 9.88. The van der Waals surface area contributed by atoms with E-state index in [1.807, 2.05) is 0 Å². The lowest BCUT2D eigenvalue weighted by molar-refractivity contribution is -0.384. The Kier molecular flexibility index (Phi) is 4.39. The molecule has 7 nitrogen and oxygen atoms in total. The van der Waals surface area contributed by atoms with E-state index in [2.05, 4.69) is 20.9 Å². The Balaban J connectivity index is 2.36. The number of halogens is 2. The van der Waals surface area contributed by atoms with Crippen LogP contribution in [0.3, 0.4) is 0 Å². The molecule has 1 heterocycles. The van der Waals surface area contributed by atoms with E-state index in [4.69, 9.17) is 21.4 Å². The number of ether oxygens (including phenoxy) is 1. The van der Waals surface area contributed by atoms with Crippen LogP contribution in [0.2, 0.25) is 5.02 Å². The Labute approximate surface area is 131 Å². The summed E-state index contributed by atoms with van der Waals surface area (Å²) < 4.78 is 5.84. The Morgan fingerprint density at radius 3 is 2.71 bits per heavy atom. The number of hydrogen-bond donors (Lipinski definition) is 1. The van der Waals surface area contributed by atoms with E-state index in [0.717, 1.165) is 6.20 Å². The summed E-state index contributed by atoms with van der Waals surface area (Å²) in [4.78, 5) is 24.7. The summed E-state index contributed by atoms with van der Waals surface area (Å²) >= 11 is 9.06. The summed E-state index contributed by atoms with van der Waals surface area (Å²) in [6.45, 7) is 0. The van der Waals surface area contributed by atoms with Crippen molar-refractivity contribution >= 4 is 39.2 Å². The largest absolute Gasteiger partial charge is 0.478 e. The minimum Gasteiger partial charge on any atom is -0.478 e. The van der Waals surface area contributed by atoms with Gasteiger partial charge >= 0.3 is 5.97 Å². The number of aromatic nitrogens is 1. The molecule has 0 radical (unpaired) electrons. The van der Waals surface area contributed by atoms with Crippen molar-refractivity contribution < 1.29 is 19.6 Å². The van der Waals surface area contributed by atoms with Gasteiger partial charge in [-0.05, 0) is 28.1 Å². The van der Waals surface area contributed by atoms with Gasteiger partial charge in [-0.1, -0.05) is 11.6 Å². The van der Waals surface area contributed by atoms with Gasteiger partial charge in [-0.3, -0.25) is 10.1 Å². The quantitative estimate of drug-likeness (QED) is 0.644. The number of pyridine rings is 1. The standard InChI is InChI=1S/C12H6BrClN2O5/c13-8-2-1-7(16(19)20)4-10(8)21-11-9(14)3-6(5-15-11)12(17)18/h1-5H,(H,17,18). The van der Waals surface area contributed by atoms with Crippen LogP contribution in [0.1, 0.15) is 10.4 Å². The van der Waals surface area contributed by atoms with E-state index in [1.54, 1.807) is 0 Å². The predicted molar refractivity (Wildman–Crippen MR) is 77.1 cm³/mol. The van der Waals surface area contributed by atoms with E-state index in [1.165, 1.54) is 24.3 Å². The number of aromatic carboxylic acids is 1. The van der Waals surface area contributed by atoms with Crippen molar-refractivity contribution in [3.8, 4) is 11.6 Å². The number of non-ortho nitro benzene ring substituents is 1. The van der Waals surface area contributed by atoms with Gasteiger partial charge in [-0.25, -0.2) is 9.78 Å². The van der Waals surface area contributed by atoms with E-state index in [9.17, 15) is 14.9 Å². The molecule has 0 aliphatic heterocycles. The van der Waals surface area contributed by atoms with Crippen LogP contribution in [-0.2, 0) is 0 Å². The zero-order chi connectivity index (χ0) is 15.6. The zero-order valence-corrected chi connectivity index (χ0v) is 12.5. The highest BCUT2D eigenvalue weighted by Crippen LogP contribution is 2.34. The van der Waals surface area contributed by atoms with Crippen molar-refractivity contribution in [3.63, 3.8) is 0 Å². The molecule has 0 saturated heterocycles. The smallest absolute Gasteiger partial charge is 0.337 e. The van der Waals surface area contributed by atoms with Crippen molar-refractivity contribution in [1.82, 2.24) is 4.98 Å². The number of carboxylic acid groups (broad SMARTS) is 1. The maximum atomic E-state index is 10.8. The van der Waals surface area contributed by atoms with Crippen LogP contribution >= 0.6 is 27.5 Å². The van der Waals surface area contributed by atoms with Gasteiger partial charge in [-0.2, -0.15) is 0 Å². The fraction of sp³-hybridized carbons (Fsp3) is 0. The summed E-state index contributed by atoms with van der Waals surface area (Å²) in [5.41, 5.74) is -0.253. The van der Waals surface area contributed by atoms with Crippen molar-refractivity contribution in [2.75, 3.05) is 0 Å². The fourth-order valence-corrected chi connectivity index (χ4v) is 1.94. The average Bonchev–Trinajstić information content (AvgIpc) is 2.42. The minimum atomic E-state index is -1.17. The molecule has 0 unspecified atom stereocenters. The highest BCUT2D eigenvalue weighted by Gasteiger charge is 2.15. The molecule has 108 valence electrons. The summed E-state index contributed by atoms with van der Waals surface area (Å²) in [6, 6.07) is 5.14. The molecular weight excluding hydrogens is 367 g/mol. The predicted octanol–water partition coefficient (Wildman–Crippen LogP) is 3.90. The number of benzene rings is 1. The molecule has 0 bridgehead atoms. The number of nitro benzene ring substituents is 1. The molecule has 9 heteroatoms. The first kappa shape index (κ1) is 15.2. The number of carboxylic acids is 1. The average molecular weight is 374 g/mol. The maximum absolute atomic E-state index is 10.8. The second-order valence-corrected chi connectivity index (χ2v) is 5.05. The molecule has 0 aliphatic rings. The number of rotatable bonds is 4. The molecule has 1 N–H and O–H groups in total. The molecule has 0 atom stereocenters. The van der Waals surface area contributed by atoms with Gasteiger partial charge in [0.25, 0.3) is 5.69 Å². The Hall–Kier alpha value is -2.19. The van der Waals surface area contributed by atoms with Crippen LogP contribution < -0.4 is 4.74 Å². The van der Waals surface area contributed by atoms with Crippen LogP contribution in [0.5, 0.6) is 11.6 Å². The lowest BCUT2D eigenvalue weighted by Crippen LogP contribution is -1.99. The summed E-state index contributed by atoms with van der Waals surface area (Å²) in [5.74, 6) is -1.09. The Morgan fingerprint density at radius 1 is 1.43 bits per heavy atom. The number of nitrogens with zero attached hydrogens (tertiary/aromatic N) is 2. The van der Waals surface area contributed by atoms with E-state index >= 15 is 0 Å². The van der Waals surface area contributed by atoms with Crippen molar-refractivity contribution in [1.29, 1.82) is 0 Å². The first-order valence-electron chi connectivity index (χ1n) is 5.39. The molecule has 0 fully saturated rings. The lowest BCUT2D eigenvalue weighted by Gasteiger charge is -2.08. The van der Waals surface area contributed by atoms with Gasteiger partial charge < -0.3 is 9.84 Å². The summed E-state index contributed by atoms with van der Waals surface area (Å²) in [7, 11) is 0. The zero-order valence-electron chi connectivity index (χ0n) is 10.1. The molecule has 0 aliphatic carbocycles. The molecule has 0 spiro atoms. The lowest BCUT2D eigenvalue weighted by atomic mass is 10.3. The molecule has 0 saturated carbocycles. The van der Waals surface area contributed by atoms with Crippen molar-refractivity contribution in [3.05, 3.63) is 55.6 Å². The van der Waals surface area contributed by atoms with Gasteiger partial charge in [0, 0.05) is 12.3 Å². The normalized spacial score (nSPS) is 10.2. The van der Waals surface area contributed by atoms with Crippen LogP contribution in [0.4, 0.5) is 5.69 Å². The van der Waals surface area contributed by atoms with E-state index in [0.29, 0.717) is 4.47 Å². The number of carbonyl (C=O) groups is 1. The number of hydrogen-bond acceptors (Lipinski definition) is 5. The Morgan fingerprint density at radius 2 is 2.14 bits per heavy atom. The molecule has 2 rings (SSSR count). The van der Waals surface area contributed by atoms with Crippen LogP contribution in [0, 0.1) is 10.1 Å². The second-order valence-electron chi connectivity index (χ2n) is 3.79. The Bertz CT molecular complexity index is 738. The molecule has 1 aromatic heterocycles. The molecule has 0 amide bonds. The van der Waals surface area contributed by atoms with Gasteiger partial charge in [0.1, 0.15) is 5.02 Å². The second kappa shape index (κ2) is 6.06. The van der Waals surface area contributed by atoms with E-state index < -0.39 is 10.9 Å². The van der Waals surface area contributed by atoms with E-state index in [-0.39, 0.29) is 27.9 Å². The first-order valence-corrected chi connectivity index (χ1v) is 6.56. The van der Waals surface area contributed by atoms with Crippen LogP contribution in [-0.4, -0.2) is 21.0 Å². The third kappa shape index (κ3) is 3.47. The summed E-state index contributed by atoms with van der Waals surface area (Å²) in [6.07, 6.45) is 1.08. The highest BCUT2D eigenvalue weighted by molar-refractivity contribution is 9.10. The molecular formula is C12H6BrClN2O5. The summed E-state index contributed by atoms with van der Waals surface area (Å²) in [5, 5.41) is 19.5. The van der Waals surface area contributed by atoms with Gasteiger partial charge in [0.15, 0.2) is 5.75 Å². The highest BCUT2D eigenvalue weighted by atomic mass is 79.9. The molecule has 21 heavy (non-hydrogen) atoms. The third-order valence-electron chi connectivity index (χ3n) is 2.39. The molecule has 1 aromatic carbocycles.